The Kier molecular flexibility index (Phi) is 7.75. The summed E-state index contributed by atoms with van der Waals surface area (Å²) in [7, 11) is -2.84. The minimum atomic E-state index is -4.90. The van der Waals surface area contributed by atoms with E-state index in [0.29, 0.717) is 18.5 Å². The molecule has 8 nitrogen and oxygen atoms in total. The average Bonchev–Trinajstić information content (AvgIpc) is 3.54. The van der Waals surface area contributed by atoms with E-state index in [1.807, 2.05) is 0 Å². The number of hydrogen-bond donors (Lipinski definition) is 2. The molecule has 0 aliphatic heterocycles. The summed E-state index contributed by atoms with van der Waals surface area (Å²) >= 11 is 0. The average molecular weight is 515 g/mol. The van der Waals surface area contributed by atoms with E-state index in [0.717, 1.165) is 12.1 Å². The summed E-state index contributed by atoms with van der Waals surface area (Å²) < 4.78 is 78.1. The Morgan fingerprint density at radius 2 is 1.89 bits per heavy atom. The van der Waals surface area contributed by atoms with Crippen LogP contribution in [0.15, 0.2) is 47.4 Å². The first kappa shape index (κ1) is 26.5. The highest BCUT2D eigenvalue weighted by molar-refractivity contribution is 8.06. The van der Waals surface area contributed by atoms with Crippen molar-refractivity contribution in [3.8, 4) is 11.5 Å². The SMILES string of the molecule is CCOc1cc(NC(=O)C2(COC)CC2)ccc1S(=O)(=O)C(=N)Cc1cccc(OC(F)(F)F)c1. The lowest BCUT2D eigenvalue weighted by molar-refractivity contribution is -0.274. The quantitative estimate of drug-likeness (QED) is 0.360. The molecule has 35 heavy (non-hydrogen) atoms. The molecule has 0 atom stereocenters. The van der Waals surface area contributed by atoms with Gasteiger partial charge in [0.15, 0.2) is 0 Å². The maximum atomic E-state index is 13.1. The highest BCUT2D eigenvalue weighted by Gasteiger charge is 2.50. The lowest BCUT2D eigenvalue weighted by atomic mass is 10.1. The first-order valence-electron chi connectivity index (χ1n) is 10.6. The molecule has 3 rings (SSSR count). The number of carbonyl (C=O) groups is 1. The van der Waals surface area contributed by atoms with Crippen molar-refractivity contribution in [1.82, 2.24) is 0 Å². The minimum Gasteiger partial charge on any atom is -0.492 e. The number of nitrogens with one attached hydrogen (secondary N) is 2. The largest absolute Gasteiger partial charge is 0.573 e. The molecule has 1 saturated carbocycles. The van der Waals surface area contributed by atoms with Gasteiger partial charge in [-0.1, -0.05) is 12.1 Å². The van der Waals surface area contributed by atoms with Gasteiger partial charge in [-0.25, -0.2) is 8.42 Å². The zero-order valence-corrected chi connectivity index (χ0v) is 19.9. The third-order valence-electron chi connectivity index (χ3n) is 5.37. The van der Waals surface area contributed by atoms with Gasteiger partial charge in [-0.2, -0.15) is 0 Å². The molecule has 1 aliphatic carbocycles. The Labute approximate surface area is 200 Å². The second kappa shape index (κ2) is 10.2. The van der Waals surface area contributed by atoms with E-state index in [9.17, 15) is 26.4 Å². The standard InChI is InChI=1S/C23H25F3N2O6S/c1-3-33-18-13-16(28-21(29)22(9-10-22)14-32-2)7-8-19(18)35(30,31)20(27)12-15-5-4-6-17(11-15)34-23(24,25)26/h4-8,11,13,27H,3,9-10,12,14H2,1-2H3,(H,28,29). The van der Waals surface area contributed by atoms with Gasteiger partial charge in [0.25, 0.3) is 0 Å². The molecule has 0 radical (unpaired) electrons. The molecule has 1 amide bonds. The summed E-state index contributed by atoms with van der Waals surface area (Å²) in [5, 5.41) is 10.2. The van der Waals surface area contributed by atoms with Gasteiger partial charge >= 0.3 is 6.36 Å². The highest BCUT2D eigenvalue weighted by atomic mass is 32.2. The van der Waals surface area contributed by atoms with Crippen LogP contribution in [0.3, 0.4) is 0 Å². The second-order valence-electron chi connectivity index (χ2n) is 8.06. The van der Waals surface area contributed by atoms with E-state index in [-0.39, 0.29) is 35.3 Å². The fourth-order valence-corrected chi connectivity index (χ4v) is 4.72. The molecule has 190 valence electrons. The van der Waals surface area contributed by atoms with Crippen LogP contribution in [0.1, 0.15) is 25.3 Å². The van der Waals surface area contributed by atoms with E-state index in [1.165, 1.54) is 37.4 Å². The Hall–Kier alpha value is -3.12. The van der Waals surface area contributed by atoms with E-state index in [2.05, 4.69) is 10.1 Å². The van der Waals surface area contributed by atoms with Crippen LogP contribution in [0.2, 0.25) is 0 Å². The first-order chi connectivity index (χ1) is 16.4. The molecule has 1 aliphatic rings. The van der Waals surface area contributed by atoms with Crippen molar-refractivity contribution in [2.45, 2.75) is 37.4 Å². The second-order valence-corrected chi connectivity index (χ2v) is 10.0. The predicted octanol–water partition coefficient (Wildman–Crippen LogP) is 4.34. The predicted molar refractivity (Wildman–Crippen MR) is 122 cm³/mol. The van der Waals surface area contributed by atoms with Crippen LogP contribution >= 0.6 is 0 Å². The van der Waals surface area contributed by atoms with Crippen LogP contribution in [0.4, 0.5) is 18.9 Å². The summed E-state index contributed by atoms with van der Waals surface area (Å²) in [6.45, 7) is 2.05. The minimum absolute atomic E-state index is 0.0548. The van der Waals surface area contributed by atoms with Gasteiger partial charge in [-0.15, -0.1) is 13.2 Å². The lowest BCUT2D eigenvalue weighted by Crippen LogP contribution is -2.28. The van der Waals surface area contributed by atoms with Crippen LogP contribution in [-0.2, 0) is 25.8 Å². The third kappa shape index (κ3) is 6.51. The molecule has 1 fully saturated rings. The molecule has 2 N–H and O–H groups in total. The number of carbonyl (C=O) groups excluding carboxylic acids is 1. The molecule has 0 heterocycles. The van der Waals surface area contributed by atoms with Crippen molar-refractivity contribution in [3.05, 3.63) is 48.0 Å². The van der Waals surface area contributed by atoms with Crippen molar-refractivity contribution in [2.24, 2.45) is 5.41 Å². The van der Waals surface area contributed by atoms with Gasteiger partial charge in [0.1, 0.15) is 21.4 Å². The van der Waals surface area contributed by atoms with E-state index in [4.69, 9.17) is 14.9 Å². The number of rotatable bonds is 10. The topological polar surface area (TPSA) is 115 Å². The van der Waals surface area contributed by atoms with Crippen molar-refractivity contribution in [3.63, 3.8) is 0 Å². The number of alkyl halides is 3. The smallest absolute Gasteiger partial charge is 0.492 e. The molecular weight excluding hydrogens is 489 g/mol. The number of halogens is 3. The summed E-state index contributed by atoms with van der Waals surface area (Å²) in [4.78, 5) is 12.3. The van der Waals surface area contributed by atoms with Crippen LogP contribution in [0, 0.1) is 10.8 Å². The number of anilines is 1. The van der Waals surface area contributed by atoms with Crippen LogP contribution in [0.5, 0.6) is 11.5 Å². The molecule has 0 spiro atoms. The number of benzene rings is 2. The fourth-order valence-electron chi connectivity index (χ4n) is 3.47. The van der Waals surface area contributed by atoms with Crippen LogP contribution in [0.25, 0.3) is 0 Å². The maximum Gasteiger partial charge on any atom is 0.573 e. The first-order valence-corrected chi connectivity index (χ1v) is 12.1. The van der Waals surface area contributed by atoms with Gasteiger partial charge in [-0.3, -0.25) is 10.2 Å². The lowest BCUT2D eigenvalue weighted by Gasteiger charge is -2.17. The maximum absolute atomic E-state index is 13.1. The van der Waals surface area contributed by atoms with Gasteiger partial charge in [0.2, 0.25) is 15.7 Å². The zero-order valence-electron chi connectivity index (χ0n) is 19.1. The van der Waals surface area contributed by atoms with Gasteiger partial charge in [-0.05, 0) is 49.6 Å². The molecule has 2 aromatic rings. The zero-order chi connectivity index (χ0) is 25.9. The number of hydrogen-bond acceptors (Lipinski definition) is 7. The molecular formula is C23H25F3N2O6S. The van der Waals surface area contributed by atoms with Crippen molar-refractivity contribution >= 4 is 26.5 Å². The van der Waals surface area contributed by atoms with Gasteiger partial charge in [0.05, 0.1) is 18.6 Å². The van der Waals surface area contributed by atoms with E-state index < -0.39 is 38.8 Å². The van der Waals surface area contributed by atoms with Crippen molar-refractivity contribution < 1.29 is 40.6 Å². The van der Waals surface area contributed by atoms with Gasteiger partial charge < -0.3 is 19.5 Å². The van der Waals surface area contributed by atoms with E-state index in [1.54, 1.807) is 6.92 Å². The summed E-state index contributed by atoms with van der Waals surface area (Å²) in [5.74, 6) is -0.816. The normalized spacial score (nSPS) is 14.8. The fraction of sp³-hybridized carbons (Fsp3) is 0.391. The number of methoxy groups -OCH3 is 1. The molecule has 0 bridgehead atoms. The number of ether oxygens (including phenoxy) is 3. The molecule has 0 unspecified atom stereocenters. The Bertz CT molecular complexity index is 1210. The Morgan fingerprint density at radius 1 is 1.17 bits per heavy atom. The van der Waals surface area contributed by atoms with Gasteiger partial charge in [0, 0.05) is 25.3 Å². The molecule has 2 aromatic carbocycles. The van der Waals surface area contributed by atoms with Crippen LogP contribution < -0.4 is 14.8 Å². The third-order valence-corrected chi connectivity index (χ3v) is 7.08. The van der Waals surface area contributed by atoms with E-state index >= 15 is 0 Å². The molecule has 0 saturated heterocycles. The van der Waals surface area contributed by atoms with Crippen molar-refractivity contribution in [2.75, 3.05) is 25.6 Å². The summed E-state index contributed by atoms with van der Waals surface area (Å²) in [6.07, 6.45) is -3.99. The Balaban J connectivity index is 1.81. The molecule has 12 heteroatoms. The number of amides is 1. The summed E-state index contributed by atoms with van der Waals surface area (Å²) in [6, 6.07) is 8.74. The number of sulfone groups is 1. The highest BCUT2D eigenvalue weighted by Crippen LogP contribution is 2.46. The monoisotopic (exact) mass is 514 g/mol. The Morgan fingerprint density at radius 3 is 2.49 bits per heavy atom. The van der Waals surface area contributed by atoms with Crippen molar-refractivity contribution in [1.29, 1.82) is 5.41 Å². The summed E-state index contributed by atoms with van der Waals surface area (Å²) in [5.41, 5.74) is -0.129. The van der Waals surface area contributed by atoms with Crippen LogP contribution in [-0.4, -0.2) is 46.1 Å². The molecule has 0 aromatic heterocycles.